The summed E-state index contributed by atoms with van der Waals surface area (Å²) in [6, 6.07) is 15.0. The lowest BCUT2D eigenvalue weighted by molar-refractivity contribution is -0.124. The normalized spacial score (nSPS) is 10.5. The van der Waals surface area contributed by atoms with Gasteiger partial charge < -0.3 is 14.8 Å². The van der Waals surface area contributed by atoms with Gasteiger partial charge in [0.25, 0.3) is 5.91 Å². The first-order chi connectivity index (χ1) is 13.5. The Bertz CT molecular complexity index is 1030. The van der Waals surface area contributed by atoms with Crippen LogP contribution in [0, 0.1) is 13.8 Å². The van der Waals surface area contributed by atoms with Crippen molar-refractivity contribution in [1.82, 2.24) is 10.3 Å². The van der Waals surface area contributed by atoms with Gasteiger partial charge in [-0.15, -0.1) is 0 Å². The minimum Gasteiger partial charge on any atom is -0.497 e. The Morgan fingerprint density at radius 2 is 1.86 bits per heavy atom. The highest BCUT2D eigenvalue weighted by Gasteiger charge is 2.18. The third kappa shape index (κ3) is 4.28. The summed E-state index contributed by atoms with van der Waals surface area (Å²) in [6.07, 6.45) is 0. The number of hydrogen-bond donors (Lipinski definition) is 1. The molecule has 0 spiro atoms. The zero-order valence-corrected chi connectivity index (χ0v) is 16.1. The van der Waals surface area contributed by atoms with Crippen molar-refractivity contribution in [3.63, 3.8) is 0 Å². The average molecular weight is 378 g/mol. The Labute approximate surface area is 163 Å². The summed E-state index contributed by atoms with van der Waals surface area (Å²) in [6.45, 7) is 3.59. The summed E-state index contributed by atoms with van der Waals surface area (Å²) < 4.78 is 10.4. The minimum absolute atomic E-state index is 0.323. The largest absolute Gasteiger partial charge is 0.497 e. The molecule has 0 unspecified atom stereocenters. The predicted octanol–water partition coefficient (Wildman–Crippen LogP) is 3.33. The summed E-state index contributed by atoms with van der Waals surface area (Å²) in [4.78, 5) is 29.1. The van der Waals surface area contributed by atoms with E-state index in [2.05, 4.69) is 10.3 Å². The molecule has 3 rings (SSSR count). The number of aromatic nitrogens is 1. The van der Waals surface area contributed by atoms with Gasteiger partial charge in [-0.05, 0) is 43.2 Å². The van der Waals surface area contributed by atoms with E-state index in [-0.39, 0.29) is 12.5 Å². The van der Waals surface area contributed by atoms with Gasteiger partial charge in [-0.25, -0.2) is 4.79 Å². The lowest BCUT2D eigenvalue weighted by Crippen LogP contribution is -2.28. The van der Waals surface area contributed by atoms with Crippen molar-refractivity contribution in [2.75, 3.05) is 13.7 Å². The van der Waals surface area contributed by atoms with Crippen LogP contribution in [0.4, 0.5) is 0 Å². The molecule has 2 aromatic carbocycles. The number of esters is 1. The summed E-state index contributed by atoms with van der Waals surface area (Å²) >= 11 is 0. The van der Waals surface area contributed by atoms with E-state index in [9.17, 15) is 9.59 Å². The Kier molecular flexibility index (Phi) is 5.89. The van der Waals surface area contributed by atoms with Crippen molar-refractivity contribution in [2.45, 2.75) is 20.4 Å². The molecule has 3 aromatic rings. The minimum atomic E-state index is -0.551. The molecule has 0 saturated heterocycles. The fraction of sp³-hybridized carbons (Fsp3) is 0.227. The molecule has 6 heteroatoms. The van der Waals surface area contributed by atoms with Crippen LogP contribution in [0.3, 0.4) is 0 Å². The van der Waals surface area contributed by atoms with Crippen molar-refractivity contribution in [3.8, 4) is 5.75 Å². The van der Waals surface area contributed by atoms with E-state index < -0.39 is 5.97 Å². The lowest BCUT2D eigenvalue weighted by atomic mass is 10.0. The lowest BCUT2D eigenvalue weighted by Gasteiger charge is -2.12. The quantitative estimate of drug-likeness (QED) is 0.666. The van der Waals surface area contributed by atoms with Crippen LogP contribution in [0.2, 0.25) is 0 Å². The van der Waals surface area contributed by atoms with Crippen molar-refractivity contribution in [1.29, 1.82) is 0 Å². The fourth-order valence-electron chi connectivity index (χ4n) is 3.07. The molecule has 0 aliphatic rings. The number of amides is 1. The Hall–Kier alpha value is -3.41. The number of ether oxygens (including phenoxy) is 2. The SMILES string of the molecule is COc1cccc(CNC(=O)COC(=O)c2c(C)nc3ccccc3c2C)c1. The molecule has 1 aromatic heterocycles. The smallest absolute Gasteiger partial charge is 0.340 e. The molecule has 0 radical (unpaired) electrons. The van der Waals surface area contributed by atoms with Crippen LogP contribution in [0.25, 0.3) is 10.9 Å². The number of nitrogens with one attached hydrogen (secondary N) is 1. The number of fused-ring (bicyclic) bond motifs is 1. The van der Waals surface area contributed by atoms with E-state index in [1.54, 1.807) is 14.0 Å². The summed E-state index contributed by atoms with van der Waals surface area (Å²) in [5.41, 5.74) is 3.50. The first kappa shape index (κ1) is 19.4. The van der Waals surface area contributed by atoms with Gasteiger partial charge in [0.2, 0.25) is 0 Å². The highest BCUT2D eigenvalue weighted by molar-refractivity contribution is 5.99. The first-order valence-electron chi connectivity index (χ1n) is 8.92. The van der Waals surface area contributed by atoms with Gasteiger partial charge in [0.15, 0.2) is 6.61 Å². The van der Waals surface area contributed by atoms with Gasteiger partial charge in [-0.1, -0.05) is 30.3 Å². The standard InChI is InChI=1S/C22H22N2O4/c1-14-18-9-4-5-10-19(18)24-15(2)21(14)22(26)28-13-20(25)23-12-16-7-6-8-17(11-16)27-3/h4-11H,12-13H2,1-3H3,(H,23,25). The number of rotatable bonds is 6. The number of hydrogen-bond acceptors (Lipinski definition) is 5. The second kappa shape index (κ2) is 8.52. The molecule has 0 bridgehead atoms. The van der Waals surface area contributed by atoms with Gasteiger partial charge in [-0.3, -0.25) is 9.78 Å². The van der Waals surface area contributed by atoms with Crippen molar-refractivity contribution in [3.05, 3.63) is 70.9 Å². The zero-order valence-electron chi connectivity index (χ0n) is 16.1. The monoisotopic (exact) mass is 378 g/mol. The van der Waals surface area contributed by atoms with Gasteiger partial charge in [-0.2, -0.15) is 0 Å². The van der Waals surface area contributed by atoms with E-state index >= 15 is 0 Å². The number of methoxy groups -OCH3 is 1. The van der Waals surface area contributed by atoms with Crippen molar-refractivity contribution in [2.24, 2.45) is 0 Å². The predicted molar refractivity (Wildman–Crippen MR) is 106 cm³/mol. The van der Waals surface area contributed by atoms with Crippen LogP contribution < -0.4 is 10.1 Å². The van der Waals surface area contributed by atoms with Crippen molar-refractivity contribution < 1.29 is 19.1 Å². The second-order valence-electron chi connectivity index (χ2n) is 6.42. The fourth-order valence-corrected chi connectivity index (χ4v) is 3.07. The highest BCUT2D eigenvalue weighted by atomic mass is 16.5. The average Bonchev–Trinajstić information content (AvgIpc) is 2.71. The Morgan fingerprint density at radius 1 is 1.07 bits per heavy atom. The van der Waals surface area contributed by atoms with Crippen LogP contribution in [-0.4, -0.2) is 30.6 Å². The van der Waals surface area contributed by atoms with Gasteiger partial charge in [0.05, 0.1) is 23.9 Å². The number of para-hydroxylation sites is 1. The summed E-state index contributed by atoms with van der Waals surface area (Å²) in [5.74, 6) is -0.210. The maximum atomic E-state index is 12.5. The second-order valence-corrected chi connectivity index (χ2v) is 6.42. The van der Waals surface area contributed by atoms with Crippen LogP contribution in [-0.2, 0) is 16.1 Å². The van der Waals surface area contributed by atoms with Gasteiger partial charge in [0.1, 0.15) is 5.75 Å². The maximum absolute atomic E-state index is 12.5. The number of pyridine rings is 1. The number of carbonyl (C=O) groups is 2. The van der Waals surface area contributed by atoms with Gasteiger partial charge in [0, 0.05) is 11.9 Å². The molecule has 0 aliphatic carbocycles. The number of carbonyl (C=O) groups excluding carboxylic acids is 2. The zero-order chi connectivity index (χ0) is 20.1. The van der Waals surface area contributed by atoms with E-state index in [0.717, 1.165) is 22.0 Å². The first-order valence-corrected chi connectivity index (χ1v) is 8.92. The van der Waals surface area contributed by atoms with E-state index in [1.165, 1.54) is 0 Å². The molecule has 144 valence electrons. The van der Waals surface area contributed by atoms with Crippen molar-refractivity contribution >= 4 is 22.8 Å². The number of benzene rings is 2. The molecule has 1 amide bonds. The van der Waals surface area contributed by atoms with Crippen LogP contribution in [0.15, 0.2) is 48.5 Å². The molecular formula is C22H22N2O4. The molecule has 0 fully saturated rings. The molecule has 0 atom stereocenters. The van der Waals surface area contributed by atoms with E-state index in [0.29, 0.717) is 23.6 Å². The van der Waals surface area contributed by atoms with E-state index in [1.807, 2.05) is 55.5 Å². The topological polar surface area (TPSA) is 77.5 Å². The van der Waals surface area contributed by atoms with Crippen LogP contribution in [0.1, 0.15) is 27.2 Å². The number of aryl methyl sites for hydroxylation is 2. The molecule has 0 saturated carbocycles. The molecular weight excluding hydrogens is 356 g/mol. The summed E-state index contributed by atoms with van der Waals surface area (Å²) in [5, 5.41) is 3.62. The third-order valence-electron chi connectivity index (χ3n) is 4.50. The third-order valence-corrected chi connectivity index (χ3v) is 4.50. The summed E-state index contributed by atoms with van der Waals surface area (Å²) in [7, 11) is 1.59. The van der Waals surface area contributed by atoms with E-state index in [4.69, 9.17) is 9.47 Å². The maximum Gasteiger partial charge on any atom is 0.340 e. The number of nitrogens with zero attached hydrogens (tertiary/aromatic N) is 1. The molecule has 1 heterocycles. The molecule has 6 nitrogen and oxygen atoms in total. The molecule has 0 aliphatic heterocycles. The van der Waals surface area contributed by atoms with Crippen LogP contribution >= 0.6 is 0 Å². The molecule has 1 N–H and O–H groups in total. The molecule has 28 heavy (non-hydrogen) atoms. The Morgan fingerprint density at radius 3 is 2.64 bits per heavy atom. The Balaban J connectivity index is 1.62. The van der Waals surface area contributed by atoms with Crippen LogP contribution in [0.5, 0.6) is 5.75 Å². The highest BCUT2D eigenvalue weighted by Crippen LogP contribution is 2.23. The van der Waals surface area contributed by atoms with Gasteiger partial charge >= 0.3 is 5.97 Å².